The summed E-state index contributed by atoms with van der Waals surface area (Å²) in [6.45, 7) is 1.00. The van der Waals surface area contributed by atoms with Crippen LogP contribution in [-0.2, 0) is 9.53 Å². The molecule has 2 bridgehead atoms. The third-order valence-corrected chi connectivity index (χ3v) is 2.87. The largest absolute Gasteiger partial charge is 0.469 e. The lowest BCUT2D eigenvalue weighted by molar-refractivity contribution is -0.146. The van der Waals surface area contributed by atoms with Gasteiger partial charge in [0, 0.05) is 6.04 Å². The van der Waals surface area contributed by atoms with E-state index in [9.17, 15) is 4.79 Å². The van der Waals surface area contributed by atoms with Gasteiger partial charge in [0.1, 0.15) is 0 Å². The van der Waals surface area contributed by atoms with Crippen molar-refractivity contribution >= 4 is 5.97 Å². The summed E-state index contributed by atoms with van der Waals surface area (Å²) in [5, 5.41) is 3.36. The van der Waals surface area contributed by atoms with Crippen LogP contribution in [0.3, 0.4) is 0 Å². The van der Waals surface area contributed by atoms with Crippen molar-refractivity contribution in [2.75, 3.05) is 13.7 Å². The Morgan fingerprint density at radius 1 is 1.55 bits per heavy atom. The Kier molecular flexibility index (Phi) is 1.60. The zero-order valence-corrected chi connectivity index (χ0v) is 6.67. The Hall–Kier alpha value is -0.570. The first-order valence-electron chi connectivity index (χ1n) is 4.12. The minimum atomic E-state index is -0.0148. The maximum absolute atomic E-state index is 11.2. The first-order chi connectivity index (χ1) is 5.31. The molecule has 11 heavy (non-hydrogen) atoms. The van der Waals surface area contributed by atoms with Crippen molar-refractivity contribution in [3.63, 3.8) is 0 Å². The Morgan fingerprint density at radius 3 is 2.82 bits per heavy atom. The highest BCUT2D eigenvalue weighted by atomic mass is 16.5. The molecular formula is C8H13NO2. The van der Waals surface area contributed by atoms with Crippen LogP contribution >= 0.6 is 0 Å². The number of hydrogen-bond donors (Lipinski definition) is 1. The molecule has 1 aliphatic carbocycles. The van der Waals surface area contributed by atoms with Gasteiger partial charge in [0.15, 0.2) is 0 Å². The lowest BCUT2D eigenvalue weighted by Crippen LogP contribution is -2.33. The van der Waals surface area contributed by atoms with Gasteiger partial charge in [0.2, 0.25) is 0 Å². The highest BCUT2D eigenvalue weighted by molar-refractivity contribution is 5.73. The summed E-state index contributed by atoms with van der Waals surface area (Å²) in [5.41, 5.74) is 0. The smallest absolute Gasteiger partial charge is 0.309 e. The van der Waals surface area contributed by atoms with Crippen LogP contribution in [0.25, 0.3) is 0 Å². The molecule has 2 unspecified atom stereocenters. The van der Waals surface area contributed by atoms with Gasteiger partial charge in [-0.05, 0) is 25.3 Å². The van der Waals surface area contributed by atoms with Gasteiger partial charge in [-0.1, -0.05) is 0 Å². The summed E-state index contributed by atoms with van der Waals surface area (Å²) in [6.07, 6.45) is 2.15. The number of hydrogen-bond acceptors (Lipinski definition) is 3. The minimum Gasteiger partial charge on any atom is -0.469 e. The average molecular weight is 155 g/mol. The molecule has 1 saturated carbocycles. The summed E-state index contributed by atoms with van der Waals surface area (Å²) >= 11 is 0. The molecule has 1 heterocycles. The molecule has 0 aromatic rings. The number of ether oxygens (including phenoxy) is 1. The molecule has 62 valence electrons. The predicted molar refractivity (Wildman–Crippen MR) is 40.0 cm³/mol. The maximum atomic E-state index is 11.2. The van der Waals surface area contributed by atoms with Crippen LogP contribution in [0.2, 0.25) is 0 Å². The van der Waals surface area contributed by atoms with Gasteiger partial charge in [0.05, 0.1) is 13.0 Å². The first kappa shape index (κ1) is 7.10. The second kappa shape index (κ2) is 2.48. The second-order valence-electron chi connectivity index (χ2n) is 3.47. The van der Waals surface area contributed by atoms with Crippen LogP contribution in [-0.4, -0.2) is 25.7 Å². The van der Waals surface area contributed by atoms with E-state index in [1.165, 1.54) is 13.5 Å². The number of carbonyl (C=O) groups excluding carboxylic acids is 1. The van der Waals surface area contributed by atoms with Crippen LogP contribution in [0.5, 0.6) is 0 Å². The van der Waals surface area contributed by atoms with Crippen molar-refractivity contribution in [3.05, 3.63) is 0 Å². The van der Waals surface area contributed by atoms with E-state index in [4.69, 9.17) is 4.74 Å². The van der Waals surface area contributed by atoms with Crippen LogP contribution < -0.4 is 5.32 Å². The van der Waals surface area contributed by atoms with Crippen LogP contribution in [0, 0.1) is 11.8 Å². The Bertz CT molecular complexity index is 181. The molecule has 0 aromatic heterocycles. The Balaban J connectivity index is 2.02. The van der Waals surface area contributed by atoms with E-state index in [0.29, 0.717) is 12.0 Å². The molecule has 3 nitrogen and oxygen atoms in total. The summed E-state index contributed by atoms with van der Waals surface area (Å²) in [5.74, 6) is 0.720. The van der Waals surface area contributed by atoms with Crippen molar-refractivity contribution in [1.82, 2.24) is 5.32 Å². The van der Waals surface area contributed by atoms with Crippen LogP contribution in [0.4, 0.5) is 0 Å². The van der Waals surface area contributed by atoms with Gasteiger partial charge in [-0.15, -0.1) is 0 Å². The third kappa shape index (κ3) is 1.03. The van der Waals surface area contributed by atoms with Crippen LogP contribution in [0.1, 0.15) is 12.8 Å². The maximum Gasteiger partial charge on any atom is 0.309 e. The number of rotatable bonds is 1. The molecule has 0 radical (unpaired) electrons. The fourth-order valence-corrected chi connectivity index (χ4v) is 2.28. The molecular weight excluding hydrogens is 142 g/mol. The zero-order valence-electron chi connectivity index (χ0n) is 6.67. The van der Waals surface area contributed by atoms with E-state index in [0.717, 1.165) is 13.0 Å². The molecule has 3 heteroatoms. The number of esters is 1. The fraction of sp³-hybridized carbons (Fsp3) is 0.875. The van der Waals surface area contributed by atoms with E-state index in [2.05, 4.69) is 5.32 Å². The van der Waals surface area contributed by atoms with Crippen LogP contribution in [0.15, 0.2) is 0 Å². The normalized spacial score (nSPS) is 41.0. The number of methoxy groups -OCH3 is 1. The highest BCUT2D eigenvalue weighted by Crippen LogP contribution is 2.36. The van der Waals surface area contributed by atoms with Gasteiger partial charge in [-0.3, -0.25) is 4.79 Å². The number of nitrogens with one attached hydrogen (secondary N) is 1. The molecule has 2 fully saturated rings. The summed E-state index contributed by atoms with van der Waals surface area (Å²) < 4.78 is 4.72. The van der Waals surface area contributed by atoms with Gasteiger partial charge >= 0.3 is 5.97 Å². The molecule has 0 spiro atoms. The van der Waals surface area contributed by atoms with Gasteiger partial charge in [0.25, 0.3) is 0 Å². The number of fused-ring (bicyclic) bond motifs is 2. The molecule has 2 aliphatic rings. The Labute approximate surface area is 66.1 Å². The molecule has 1 N–H and O–H groups in total. The SMILES string of the molecule is COC(=O)[C@@H]1CC2CC1CN2. The quantitative estimate of drug-likeness (QED) is 0.548. The summed E-state index contributed by atoms with van der Waals surface area (Å²) in [7, 11) is 1.47. The molecule has 0 aromatic carbocycles. The summed E-state index contributed by atoms with van der Waals surface area (Å²) in [4.78, 5) is 11.2. The van der Waals surface area contributed by atoms with Crippen molar-refractivity contribution < 1.29 is 9.53 Å². The highest BCUT2D eigenvalue weighted by Gasteiger charge is 2.43. The zero-order chi connectivity index (χ0) is 7.84. The van der Waals surface area contributed by atoms with E-state index in [1.807, 2.05) is 0 Å². The lowest BCUT2D eigenvalue weighted by atomic mass is 9.96. The van der Waals surface area contributed by atoms with Gasteiger partial charge in [-0.25, -0.2) is 0 Å². The third-order valence-electron chi connectivity index (χ3n) is 2.87. The molecule has 1 aliphatic heterocycles. The minimum absolute atomic E-state index is 0.0148. The Morgan fingerprint density at radius 2 is 2.36 bits per heavy atom. The molecule has 2 rings (SSSR count). The van der Waals surface area contributed by atoms with E-state index in [-0.39, 0.29) is 11.9 Å². The van der Waals surface area contributed by atoms with Crippen molar-refractivity contribution in [2.45, 2.75) is 18.9 Å². The van der Waals surface area contributed by atoms with E-state index in [1.54, 1.807) is 0 Å². The fourth-order valence-electron chi connectivity index (χ4n) is 2.28. The standard InChI is InChI=1S/C8H13NO2/c1-11-8(10)7-3-6-2-5(7)4-9-6/h5-7,9H,2-4H2,1H3/t5?,6?,7-/m1/s1. The van der Waals surface area contributed by atoms with Crippen molar-refractivity contribution in [1.29, 1.82) is 0 Å². The monoisotopic (exact) mass is 155 g/mol. The van der Waals surface area contributed by atoms with E-state index < -0.39 is 0 Å². The number of carbonyl (C=O) groups is 1. The number of piperidine rings is 1. The topological polar surface area (TPSA) is 38.3 Å². The average Bonchev–Trinajstić information content (AvgIpc) is 2.62. The summed E-state index contributed by atoms with van der Waals surface area (Å²) in [6, 6.07) is 0.587. The van der Waals surface area contributed by atoms with Gasteiger partial charge in [-0.2, -0.15) is 0 Å². The molecule has 1 saturated heterocycles. The predicted octanol–water partition coefficient (Wildman–Crippen LogP) is 0.157. The van der Waals surface area contributed by atoms with Crippen molar-refractivity contribution in [2.24, 2.45) is 11.8 Å². The van der Waals surface area contributed by atoms with Crippen molar-refractivity contribution in [3.8, 4) is 0 Å². The van der Waals surface area contributed by atoms with E-state index >= 15 is 0 Å². The second-order valence-corrected chi connectivity index (χ2v) is 3.47. The van der Waals surface area contributed by atoms with Gasteiger partial charge < -0.3 is 10.1 Å². The molecule has 3 atom stereocenters. The lowest BCUT2D eigenvalue weighted by Gasteiger charge is -2.19. The molecule has 0 amide bonds. The first-order valence-corrected chi connectivity index (χ1v) is 4.12.